The molecule has 0 fully saturated rings. The molecule has 4 rings (SSSR count). The Labute approximate surface area is 155 Å². The van der Waals surface area contributed by atoms with Crippen LogP contribution in [-0.4, -0.2) is 30.8 Å². The van der Waals surface area contributed by atoms with Gasteiger partial charge in [0.25, 0.3) is 0 Å². The standard InChI is InChI=1S/C19H17BrN2O2S/c20-15-4-3-5-16(12-15)25(23,24)22-10-8-14(9-11-22)18-13-21-19-7-2-1-6-17(18)19/h1-8,12-13,21H,9-11H2. The van der Waals surface area contributed by atoms with Crippen molar-refractivity contribution in [2.24, 2.45) is 0 Å². The van der Waals surface area contributed by atoms with Crippen molar-refractivity contribution in [1.82, 2.24) is 9.29 Å². The van der Waals surface area contributed by atoms with E-state index in [4.69, 9.17) is 0 Å². The first-order chi connectivity index (χ1) is 12.1. The Balaban J connectivity index is 1.62. The summed E-state index contributed by atoms with van der Waals surface area (Å²) in [6, 6.07) is 15.0. The van der Waals surface area contributed by atoms with E-state index in [2.05, 4.69) is 27.0 Å². The Morgan fingerprint density at radius 3 is 2.68 bits per heavy atom. The van der Waals surface area contributed by atoms with Gasteiger partial charge in [-0.2, -0.15) is 4.31 Å². The van der Waals surface area contributed by atoms with E-state index in [-0.39, 0.29) is 0 Å². The van der Waals surface area contributed by atoms with Gasteiger partial charge in [0.05, 0.1) is 4.90 Å². The molecule has 0 unspecified atom stereocenters. The quantitative estimate of drug-likeness (QED) is 0.687. The molecule has 128 valence electrons. The number of rotatable bonds is 3. The van der Waals surface area contributed by atoms with Crippen LogP contribution in [0.4, 0.5) is 0 Å². The van der Waals surface area contributed by atoms with Crippen molar-refractivity contribution in [3.8, 4) is 0 Å². The third kappa shape index (κ3) is 3.05. The highest BCUT2D eigenvalue weighted by molar-refractivity contribution is 9.10. The zero-order chi connectivity index (χ0) is 17.4. The van der Waals surface area contributed by atoms with Crippen LogP contribution in [0.2, 0.25) is 0 Å². The molecule has 1 aliphatic rings. The molecular formula is C19H17BrN2O2S. The molecule has 0 spiro atoms. The molecule has 0 atom stereocenters. The molecule has 3 aromatic rings. The molecule has 0 bridgehead atoms. The van der Waals surface area contributed by atoms with Gasteiger partial charge in [0.1, 0.15) is 0 Å². The van der Waals surface area contributed by atoms with E-state index in [1.54, 1.807) is 18.2 Å². The van der Waals surface area contributed by atoms with Gasteiger partial charge in [-0.1, -0.05) is 46.3 Å². The molecule has 4 nitrogen and oxygen atoms in total. The summed E-state index contributed by atoms with van der Waals surface area (Å²) in [6.07, 6.45) is 4.73. The zero-order valence-electron chi connectivity index (χ0n) is 13.4. The van der Waals surface area contributed by atoms with Crippen LogP contribution in [0.1, 0.15) is 12.0 Å². The van der Waals surface area contributed by atoms with E-state index < -0.39 is 10.0 Å². The summed E-state index contributed by atoms with van der Waals surface area (Å²) in [5.41, 5.74) is 3.45. The maximum Gasteiger partial charge on any atom is 0.243 e. The van der Waals surface area contributed by atoms with Crippen LogP contribution in [0, 0.1) is 0 Å². The first-order valence-electron chi connectivity index (χ1n) is 8.07. The molecule has 2 aromatic carbocycles. The summed E-state index contributed by atoms with van der Waals surface area (Å²) in [5, 5.41) is 1.18. The number of hydrogen-bond acceptors (Lipinski definition) is 2. The lowest BCUT2D eigenvalue weighted by atomic mass is 10.00. The molecule has 2 heterocycles. The van der Waals surface area contributed by atoms with Crippen molar-refractivity contribution in [2.75, 3.05) is 13.1 Å². The van der Waals surface area contributed by atoms with Crippen LogP contribution in [0.3, 0.4) is 0 Å². The van der Waals surface area contributed by atoms with E-state index in [0.29, 0.717) is 24.4 Å². The number of benzene rings is 2. The molecule has 1 aromatic heterocycles. The number of fused-ring (bicyclic) bond motifs is 1. The lowest BCUT2D eigenvalue weighted by Gasteiger charge is -2.26. The minimum atomic E-state index is -3.47. The first-order valence-corrected chi connectivity index (χ1v) is 10.3. The summed E-state index contributed by atoms with van der Waals surface area (Å²) >= 11 is 3.34. The number of aromatic amines is 1. The number of sulfonamides is 1. The van der Waals surface area contributed by atoms with Crippen molar-refractivity contribution in [3.05, 3.63) is 70.8 Å². The number of H-pyrrole nitrogens is 1. The summed E-state index contributed by atoms with van der Waals surface area (Å²) < 4.78 is 27.9. The average molecular weight is 417 g/mol. The van der Waals surface area contributed by atoms with E-state index in [1.165, 1.54) is 15.3 Å². The average Bonchev–Trinajstić information content (AvgIpc) is 3.06. The topological polar surface area (TPSA) is 53.2 Å². The number of halogens is 1. The minimum absolute atomic E-state index is 0.325. The summed E-state index contributed by atoms with van der Waals surface area (Å²) in [5.74, 6) is 0. The van der Waals surface area contributed by atoms with Gasteiger partial charge in [0.2, 0.25) is 10.0 Å². The van der Waals surface area contributed by atoms with Gasteiger partial charge < -0.3 is 4.98 Å². The van der Waals surface area contributed by atoms with Gasteiger partial charge in [-0.05, 0) is 36.3 Å². The first kappa shape index (κ1) is 16.6. The van der Waals surface area contributed by atoms with E-state index in [0.717, 1.165) is 15.6 Å². The molecular weight excluding hydrogens is 400 g/mol. The predicted octanol–water partition coefficient (Wildman–Crippen LogP) is 4.41. The van der Waals surface area contributed by atoms with Crippen molar-refractivity contribution in [1.29, 1.82) is 0 Å². The lowest BCUT2D eigenvalue weighted by molar-refractivity contribution is 0.441. The third-order valence-corrected chi connectivity index (χ3v) is 6.90. The third-order valence-electron chi connectivity index (χ3n) is 4.54. The fourth-order valence-corrected chi connectivity index (χ4v) is 5.20. The maximum absolute atomic E-state index is 12.8. The molecule has 6 heteroatoms. The van der Waals surface area contributed by atoms with E-state index in [9.17, 15) is 8.42 Å². The second-order valence-electron chi connectivity index (χ2n) is 6.05. The lowest BCUT2D eigenvalue weighted by Crippen LogP contribution is -2.34. The normalized spacial score (nSPS) is 16.1. The Kier molecular flexibility index (Phi) is 4.27. The SMILES string of the molecule is O=S(=O)(c1cccc(Br)c1)N1CC=C(c2c[nH]c3ccccc23)CC1. The minimum Gasteiger partial charge on any atom is -0.361 e. The molecule has 0 saturated carbocycles. The van der Waals surface area contributed by atoms with Gasteiger partial charge in [0.15, 0.2) is 0 Å². The molecule has 0 amide bonds. The van der Waals surface area contributed by atoms with Crippen LogP contribution in [0.15, 0.2) is 70.2 Å². The summed E-state index contributed by atoms with van der Waals surface area (Å²) in [4.78, 5) is 3.61. The predicted molar refractivity (Wildman–Crippen MR) is 104 cm³/mol. The molecule has 25 heavy (non-hydrogen) atoms. The Bertz CT molecular complexity index is 1070. The fourth-order valence-electron chi connectivity index (χ4n) is 3.23. The van der Waals surface area contributed by atoms with Gasteiger partial charge in [-0.25, -0.2) is 8.42 Å². The number of para-hydroxylation sites is 1. The van der Waals surface area contributed by atoms with Crippen LogP contribution < -0.4 is 0 Å². The van der Waals surface area contributed by atoms with E-state index >= 15 is 0 Å². The Morgan fingerprint density at radius 2 is 1.92 bits per heavy atom. The highest BCUT2D eigenvalue weighted by Gasteiger charge is 2.27. The van der Waals surface area contributed by atoms with Crippen molar-refractivity contribution < 1.29 is 8.42 Å². The molecule has 0 radical (unpaired) electrons. The molecule has 1 N–H and O–H groups in total. The fraction of sp³-hybridized carbons (Fsp3) is 0.158. The Morgan fingerprint density at radius 1 is 1.08 bits per heavy atom. The highest BCUT2D eigenvalue weighted by atomic mass is 79.9. The summed E-state index contributed by atoms with van der Waals surface area (Å²) in [7, 11) is -3.47. The number of nitrogens with one attached hydrogen (secondary N) is 1. The van der Waals surface area contributed by atoms with Crippen LogP contribution in [0.5, 0.6) is 0 Å². The van der Waals surface area contributed by atoms with Gasteiger partial charge in [0, 0.05) is 40.2 Å². The molecule has 0 aliphatic carbocycles. The van der Waals surface area contributed by atoms with E-state index in [1.807, 2.05) is 36.5 Å². The van der Waals surface area contributed by atoms with Crippen molar-refractivity contribution in [2.45, 2.75) is 11.3 Å². The van der Waals surface area contributed by atoms with Crippen LogP contribution in [-0.2, 0) is 10.0 Å². The van der Waals surface area contributed by atoms with Crippen molar-refractivity contribution >= 4 is 42.4 Å². The molecule has 0 saturated heterocycles. The maximum atomic E-state index is 12.8. The number of hydrogen-bond donors (Lipinski definition) is 1. The zero-order valence-corrected chi connectivity index (χ0v) is 15.8. The van der Waals surface area contributed by atoms with Crippen LogP contribution in [0.25, 0.3) is 16.5 Å². The van der Waals surface area contributed by atoms with Gasteiger partial charge in [-0.15, -0.1) is 0 Å². The number of aromatic nitrogens is 1. The number of nitrogens with zero attached hydrogens (tertiary/aromatic N) is 1. The largest absolute Gasteiger partial charge is 0.361 e. The smallest absolute Gasteiger partial charge is 0.243 e. The molecule has 1 aliphatic heterocycles. The van der Waals surface area contributed by atoms with Crippen LogP contribution >= 0.6 is 15.9 Å². The van der Waals surface area contributed by atoms with Gasteiger partial charge >= 0.3 is 0 Å². The van der Waals surface area contributed by atoms with Gasteiger partial charge in [-0.3, -0.25) is 0 Å². The highest BCUT2D eigenvalue weighted by Crippen LogP contribution is 2.31. The monoisotopic (exact) mass is 416 g/mol. The summed E-state index contributed by atoms with van der Waals surface area (Å²) in [6.45, 7) is 0.879. The second kappa shape index (κ2) is 6.44. The van der Waals surface area contributed by atoms with Crippen molar-refractivity contribution in [3.63, 3.8) is 0 Å². The second-order valence-corrected chi connectivity index (χ2v) is 8.90. The Hall–Kier alpha value is -1.89.